The number of rotatable bonds is 3. The zero-order valence-corrected chi connectivity index (χ0v) is 13.0. The van der Waals surface area contributed by atoms with Crippen LogP contribution in [0.5, 0.6) is 0 Å². The van der Waals surface area contributed by atoms with Crippen molar-refractivity contribution in [3.63, 3.8) is 0 Å². The lowest BCUT2D eigenvalue weighted by molar-refractivity contribution is -0.121. The molecule has 0 unspecified atom stereocenters. The molecule has 1 aromatic heterocycles. The van der Waals surface area contributed by atoms with Gasteiger partial charge in [0.15, 0.2) is 0 Å². The summed E-state index contributed by atoms with van der Waals surface area (Å²) in [6, 6.07) is 3.37. The zero-order valence-electron chi connectivity index (χ0n) is 12.3. The number of anilines is 1. The fourth-order valence-electron chi connectivity index (χ4n) is 3.12. The maximum Gasteiger partial charge on any atom is 0.239 e. The van der Waals surface area contributed by atoms with Gasteiger partial charge < -0.3 is 10.6 Å². The summed E-state index contributed by atoms with van der Waals surface area (Å²) in [5.41, 5.74) is -0.0260. The van der Waals surface area contributed by atoms with Crippen LogP contribution in [0.1, 0.15) is 25.7 Å². The number of hydrogen-bond acceptors (Lipinski definition) is 4. The Kier molecular flexibility index (Phi) is 4.31. The second-order valence-corrected chi connectivity index (χ2v) is 6.45. The van der Waals surface area contributed by atoms with Gasteiger partial charge in [-0.1, -0.05) is 11.6 Å². The highest BCUT2D eigenvalue weighted by atomic mass is 35.5. The van der Waals surface area contributed by atoms with Crippen LogP contribution in [0.4, 0.5) is 5.82 Å². The molecule has 1 spiro atoms. The van der Waals surface area contributed by atoms with Crippen LogP contribution >= 0.6 is 11.6 Å². The standard InChI is InChI=1S/C15H19ClN4O2/c16-11-1-2-12(17-9-11)18-14(22)10-20-7-5-15(6-8-20)4-3-13(21)19-15/h1-2,9H,3-8,10H2,(H,19,21)(H,17,18,22). The number of carbonyl (C=O) groups is 2. The highest BCUT2D eigenvalue weighted by Gasteiger charge is 2.40. The summed E-state index contributed by atoms with van der Waals surface area (Å²) in [6.07, 6.45) is 4.87. The van der Waals surface area contributed by atoms with Crippen LogP contribution in [0.3, 0.4) is 0 Å². The Morgan fingerprint density at radius 2 is 2.14 bits per heavy atom. The van der Waals surface area contributed by atoms with E-state index in [4.69, 9.17) is 11.6 Å². The smallest absolute Gasteiger partial charge is 0.239 e. The maximum absolute atomic E-state index is 12.0. The Hall–Kier alpha value is -1.66. The van der Waals surface area contributed by atoms with Crippen molar-refractivity contribution >= 4 is 29.2 Å². The largest absolute Gasteiger partial charge is 0.351 e. The van der Waals surface area contributed by atoms with Gasteiger partial charge in [0.25, 0.3) is 0 Å². The van der Waals surface area contributed by atoms with Gasteiger partial charge in [-0.25, -0.2) is 4.98 Å². The van der Waals surface area contributed by atoms with Gasteiger partial charge in [-0.05, 0) is 31.4 Å². The van der Waals surface area contributed by atoms with Crippen LogP contribution in [0.15, 0.2) is 18.3 Å². The van der Waals surface area contributed by atoms with E-state index in [-0.39, 0.29) is 17.4 Å². The van der Waals surface area contributed by atoms with Crippen molar-refractivity contribution in [2.75, 3.05) is 25.0 Å². The Bertz CT molecular complexity index is 567. The van der Waals surface area contributed by atoms with Gasteiger partial charge in [0.1, 0.15) is 5.82 Å². The summed E-state index contributed by atoms with van der Waals surface area (Å²) in [4.78, 5) is 29.6. The third-order valence-electron chi connectivity index (χ3n) is 4.41. The molecule has 2 saturated heterocycles. The van der Waals surface area contributed by atoms with E-state index in [0.29, 0.717) is 23.8 Å². The summed E-state index contributed by atoms with van der Waals surface area (Å²) in [5, 5.41) is 6.40. The number of nitrogens with one attached hydrogen (secondary N) is 2. The average molecular weight is 323 g/mol. The Labute approximate surface area is 134 Å². The van der Waals surface area contributed by atoms with E-state index in [1.165, 1.54) is 6.20 Å². The van der Waals surface area contributed by atoms with Gasteiger partial charge in [-0.3, -0.25) is 14.5 Å². The molecule has 0 aliphatic carbocycles. The Balaban J connectivity index is 1.47. The molecular weight excluding hydrogens is 304 g/mol. The molecule has 22 heavy (non-hydrogen) atoms. The number of nitrogens with zero attached hydrogens (tertiary/aromatic N) is 2. The van der Waals surface area contributed by atoms with Crippen LogP contribution in [0, 0.1) is 0 Å². The first-order valence-corrected chi connectivity index (χ1v) is 7.87. The number of pyridine rings is 1. The van der Waals surface area contributed by atoms with Gasteiger partial charge in [-0.15, -0.1) is 0 Å². The minimum atomic E-state index is -0.0822. The number of aromatic nitrogens is 1. The molecule has 1 aromatic rings. The van der Waals surface area contributed by atoms with E-state index >= 15 is 0 Å². The monoisotopic (exact) mass is 322 g/mol. The molecule has 118 valence electrons. The van der Waals surface area contributed by atoms with Crippen LogP contribution in [-0.2, 0) is 9.59 Å². The van der Waals surface area contributed by atoms with E-state index in [1.54, 1.807) is 12.1 Å². The highest BCUT2D eigenvalue weighted by Crippen LogP contribution is 2.31. The lowest BCUT2D eigenvalue weighted by Crippen LogP contribution is -2.52. The molecule has 2 aliphatic rings. The highest BCUT2D eigenvalue weighted by molar-refractivity contribution is 6.30. The molecule has 3 heterocycles. The third-order valence-corrected chi connectivity index (χ3v) is 4.63. The minimum absolute atomic E-state index is 0.0260. The summed E-state index contributed by atoms with van der Waals surface area (Å²) in [5.74, 6) is 0.576. The molecule has 0 radical (unpaired) electrons. The lowest BCUT2D eigenvalue weighted by Gasteiger charge is -2.38. The molecule has 2 fully saturated rings. The molecule has 0 bridgehead atoms. The number of amides is 2. The fourth-order valence-corrected chi connectivity index (χ4v) is 3.23. The Morgan fingerprint density at radius 3 is 2.73 bits per heavy atom. The SMILES string of the molecule is O=C(CN1CCC2(CCC(=O)N2)CC1)Nc1ccc(Cl)cn1. The first-order chi connectivity index (χ1) is 10.5. The summed E-state index contributed by atoms with van der Waals surface area (Å²) < 4.78 is 0. The number of piperidine rings is 1. The first-order valence-electron chi connectivity index (χ1n) is 7.49. The van der Waals surface area contributed by atoms with Gasteiger partial charge in [-0.2, -0.15) is 0 Å². The second kappa shape index (κ2) is 6.22. The predicted octanol–water partition coefficient (Wildman–Crippen LogP) is 1.42. The topological polar surface area (TPSA) is 74.3 Å². The van der Waals surface area contributed by atoms with Crippen LogP contribution in [0.2, 0.25) is 5.02 Å². The van der Waals surface area contributed by atoms with Crippen LogP contribution in [0.25, 0.3) is 0 Å². The zero-order chi connectivity index (χ0) is 15.6. The Morgan fingerprint density at radius 1 is 1.36 bits per heavy atom. The van der Waals surface area contributed by atoms with Crippen molar-refractivity contribution in [1.82, 2.24) is 15.2 Å². The van der Waals surface area contributed by atoms with Gasteiger partial charge in [0.05, 0.1) is 11.6 Å². The molecule has 6 nitrogen and oxygen atoms in total. The predicted molar refractivity (Wildman–Crippen MR) is 83.7 cm³/mol. The summed E-state index contributed by atoms with van der Waals surface area (Å²) in [6.45, 7) is 1.98. The van der Waals surface area contributed by atoms with Gasteiger partial charge >= 0.3 is 0 Å². The van der Waals surface area contributed by atoms with E-state index in [9.17, 15) is 9.59 Å². The van der Waals surface area contributed by atoms with Crippen molar-refractivity contribution in [2.24, 2.45) is 0 Å². The lowest BCUT2D eigenvalue weighted by atomic mass is 9.86. The fraction of sp³-hybridized carbons (Fsp3) is 0.533. The summed E-state index contributed by atoms with van der Waals surface area (Å²) >= 11 is 5.76. The normalized spacial score (nSPS) is 20.9. The molecule has 3 rings (SSSR count). The molecule has 2 N–H and O–H groups in total. The number of likely N-dealkylation sites (tertiary alicyclic amines) is 1. The second-order valence-electron chi connectivity index (χ2n) is 6.01. The van der Waals surface area contributed by atoms with Crippen molar-refractivity contribution in [1.29, 1.82) is 0 Å². The number of halogens is 1. The van der Waals surface area contributed by atoms with Crippen molar-refractivity contribution < 1.29 is 9.59 Å². The van der Waals surface area contributed by atoms with Gasteiger partial charge in [0, 0.05) is 31.2 Å². The minimum Gasteiger partial charge on any atom is -0.351 e. The number of hydrogen-bond donors (Lipinski definition) is 2. The van der Waals surface area contributed by atoms with Crippen molar-refractivity contribution in [3.8, 4) is 0 Å². The molecule has 2 amide bonds. The molecule has 0 saturated carbocycles. The van der Waals surface area contributed by atoms with Crippen LogP contribution in [-0.4, -0.2) is 46.9 Å². The summed E-state index contributed by atoms with van der Waals surface area (Å²) in [7, 11) is 0. The molecule has 0 aromatic carbocycles. The number of carbonyl (C=O) groups excluding carboxylic acids is 2. The average Bonchev–Trinajstić information content (AvgIpc) is 2.85. The first kappa shape index (κ1) is 15.2. The third kappa shape index (κ3) is 3.56. The van der Waals surface area contributed by atoms with Crippen molar-refractivity contribution in [2.45, 2.75) is 31.2 Å². The quantitative estimate of drug-likeness (QED) is 0.882. The van der Waals surface area contributed by atoms with E-state index < -0.39 is 0 Å². The maximum atomic E-state index is 12.0. The van der Waals surface area contributed by atoms with E-state index in [0.717, 1.165) is 32.4 Å². The van der Waals surface area contributed by atoms with Crippen molar-refractivity contribution in [3.05, 3.63) is 23.4 Å². The van der Waals surface area contributed by atoms with E-state index in [1.807, 2.05) is 0 Å². The van der Waals surface area contributed by atoms with Crippen LogP contribution < -0.4 is 10.6 Å². The van der Waals surface area contributed by atoms with Gasteiger partial charge in [0.2, 0.25) is 11.8 Å². The molecule has 7 heteroatoms. The molecule has 0 atom stereocenters. The van der Waals surface area contributed by atoms with E-state index in [2.05, 4.69) is 20.5 Å². The molecule has 2 aliphatic heterocycles. The molecular formula is C15H19ClN4O2.